The molecule has 2 rings (SSSR count). The minimum absolute atomic E-state index is 0. The molecular weight excluding hydrogens is 247 g/mol. The van der Waals surface area contributed by atoms with Crippen molar-refractivity contribution < 1.29 is 18.8 Å². The van der Waals surface area contributed by atoms with Gasteiger partial charge in [0.2, 0.25) is 0 Å². The van der Waals surface area contributed by atoms with E-state index in [2.05, 4.69) is 0 Å². The van der Waals surface area contributed by atoms with Gasteiger partial charge in [-0.3, -0.25) is 0 Å². The van der Waals surface area contributed by atoms with Gasteiger partial charge in [-0.15, -0.1) is 12.4 Å². The lowest BCUT2D eigenvalue weighted by Gasteiger charge is -2.11. The molecule has 17 heavy (non-hydrogen) atoms. The van der Waals surface area contributed by atoms with Crippen LogP contribution >= 0.6 is 12.4 Å². The minimum Gasteiger partial charge on any atom is -0.491 e. The first-order valence-electron chi connectivity index (χ1n) is 5.17. The molecule has 3 N–H and O–H groups in total. The SMILES string of the molecule is CCOc1c(F)ccc2c1B(O)OC2CN.Cl. The number of benzene rings is 1. The maximum atomic E-state index is 13.5. The Labute approximate surface area is 105 Å². The molecule has 0 amide bonds. The summed E-state index contributed by atoms with van der Waals surface area (Å²) in [5, 5.41) is 9.69. The lowest BCUT2D eigenvalue weighted by Crippen LogP contribution is -2.30. The molecule has 0 saturated heterocycles. The van der Waals surface area contributed by atoms with Crippen LogP contribution in [0, 0.1) is 5.82 Å². The first-order chi connectivity index (χ1) is 7.69. The first kappa shape index (κ1) is 14.2. The zero-order valence-corrected chi connectivity index (χ0v) is 10.2. The predicted octanol–water partition coefficient (Wildman–Crippen LogP) is 0.364. The monoisotopic (exact) mass is 261 g/mol. The third-order valence-electron chi connectivity index (χ3n) is 2.57. The Hall–Kier alpha value is -0.815. The third-order valence-corrected chi connectivity index (χ3v) is 2.57. The number of halogens is 2. The summed E-state index contributed by atoms with van der Waals surface area (Å²) in [6.07, 6.45) is -0.398. The molecule has 94 valence electrons. The summed E-state index contributed by atoms with van der Waals surface area (Å²) in [4.78, 5) is 0. The molecule has 1 unspecified atom stereocenters. The van der Waals surface area contributed by atoms with Crippen molar-refractivity contribution in [1.29, 1.82) is 0 Å². The summed E-state index contributed by atoms with van der Waals surface area (Å²) in [6, 6.07) is 2.87. The molecule has 1 aromatic rings. The maximum absolute atomic E-state index is 13.5. The van der Waals surface area contributed by atoms with Gasteiger partial charge in [0, 0.05) is 12.0 Å². The second kappa shape index (κ2) is 5.68. The highest BCUT2D eigenvalue weighted by molar-refractivity contribution is 6.62. The van der Waals surface area contributed by atoms with Crippen molar-refractivity contribution in [3.63, 3.8) is 0 Å². The molecule has 0 aromatic heterocycles. The van der Waals surface area contributed by atoms with E-state index in [1.807, 2.05) is 0 Å². The molecule has 1 aliphatic heterocycles. The zero-order chi connectivity index (χ0) is 11.7. The lowest BCUT2D eigenvalue weighted by molar-refractivity contribution is 0.198. The van der Waals surface area contributed by atoms with Gasteiger partial charge >= 0.3 is 7.12 Å². The van der Waals surface area contributed by atoms with Gasteiger partial charge < -0.3 is 20.1 Å². The molecule has 1 aromatic carbocycles. The van der Waals surface area contributed by atoms with Crippen molar-refractivity contribution in [2.45, 2.75) is 13.0 Å². The molecule has 1 aliphatic rings. The van der Waals surface area contributed by atoms with E-state index in [0.717, 1.165) is 0 Å². The van der Waals surface area contributed by atoms with Crippen LogP contribution in [0.4, 0.5) is 4.39 Å². The Balaban J connectivity index is 0.00000144. The Morgan fingerprint density at radius 1 is 1.59 bits per heavy atom. The number of rotatable bonds is 3. The molecule has 0 radical (unpaired) electrons. The van der Waals surface area contributed by atoms with E-state index >= 15 is 0 Å². The molecule has 0 saturated carbocycles. The fourth-order valence-electron chi connectivity index (χ4n) is 1.89. The van der Waals surface area contributed by atoms with Gasteiger partial charge in [-0.2, -0.15) is 0 Å². The number of fused-ring (bicyclic) bond motifs is 1. The quantitative estimate of drug-likeness (QED) is 0.771. The van der Waals surface area contributed by atoms with Crippen LogP contribution in [-0.2, 0) is 4.65 Å². The van der Waals surface area contributed by atoms with E-state index in [4.69, 9.17) is 15.1 Å². The van der Waals surface area contributed by atoms with Crippen molar-refractivity contribution in [3.05, 3.63) is 23.5 Å². The van der Waals surface area contributed by atoms with E-state index < -0.39 is 19.0 Å². The molecule has 0 fully saturated rings. The van der Waals surface area contributed by atoms with Gasteiger partial charge in [0.1, 0.15) is 0 Å². The summed E-state index contributed by atoms with van der Waals surface area (Å²) in [5.74, 6) is -0.440. The molecule has 1 heterocycles. The first-order valence-corrected chi connectivity index (χ1v) is 5.17. The number of hydrogen-bond donors (Lipinski definition) is 2. The molecule has 0 spiro atoms. The van der Waals surface area contributed by atoms with Crippen molar-refractivity contribution in [2.24, 2.45) is 5.73 Å². The Morgan fingerprint density at radius 2 is 2.29 bits per heavy atom. The highest BCUT2D eigenvalue weighted by atomic mass is 35.5. The van der Waals surface area contributed by atoms with Crippen LogP contribution in [0.2, 0.25) is 0 Å². The summed E-state index contributed by atoms with van der Waals surface area (Å²) in [6.45, 7) is 2.32. The topological polar surface area (TPSA) is 64.7 Å². The van der Waals surface area contributed by atoms with E-state index in [-0.39, 0.29) is 24.7 Å². The average Bonchev–Trinajstić information content (AvgIpc) is 2.60. The molecule has 7 heteroatoms. The van der Waals surface area contributed by atoms with Crippen LogP contribution in [0.3, 0.4) is 0 Å². The van der Waals surface area contributed by atoms with Gasteiger partial charge in [0.05, 0.1) is 12.7 Å². The standard InChI is InChI=1S/C10H13BFNO3.ClH/c1-2-15-10-7(12)4-3-6-8(5-13)16-11(14)9(6)10;/h3-4,8,14H,2,5,13H2,1H3;1H. The molecular formula is C10H14BClFNO3. The summed E-state index contributed by atoms with van der Waals surface area (Å²) in [7, 11) is -1.17. The van der Waals surface area contributed by atoms with E-state index in [0.29, 0.717) is 17.6 Å². The van der Waals surface area contributed by atoms with Gasteiger partial charge in [-0.05, 0) is 18.6 Å². The third kappa shape index (κ3) is 2.40. The van der Waals surface area contributed by atoms with Crippen LogP contribution in [0.25, 0.3) is 0 Å². The van der Waals surface area contributed by atoms with Crippen LogP contribution in [0.15, 0.2) is 12.1 Å². The van der Waals surface area contributed by atoms with Crippen molar-refractivity contribution >= 4 is 25.0 Å². The smallest absolute Gasteiger partial charge is 0.491 e. The fraction of sp³-hybridized carbons (Fsp3) is 0.400. The highest BCUT2D eigenvalue weighted by Gasteiger charge is 2.38. The fourth-order valence-corrected chi connectivity index (χ4v) is 1.89. The Morgan fingerprint density at radius 3 is 2.88 bits per heavy atom. The van der Waals surface area contributed by atoms with Crippen molar-refractivity contribution in [2.75, 3.05) is 13.2 Å². The van der Waals surface area contributed by atoms with E-state index in [1.54, 1.807) is 13.0 Å². The van der Waals surface area contributed by atoms with Gasteiger partial charge in [0.25, 0.3) is 0 Å². The largest absolute Gasteiger partial charge is 0.495 e. The van der Waals surface area contributed by atoms with Crippen molar-refractivity contribution in [3.8, 4) is 5.75 Å². The maximum Gasteiger partial charge on any atom is 0.495 e. The van der Waals surface area contributed by atoms with Gasteiger partial charge in [-0.1, -0.05) is 6.07 Å². The van der Waals surface area contributed by atoms with Crippen LogP contribution in [-0.4, -0.2) is 25.3 Å². The number of nitrogens with two attached hydrogens (primary N) is 1. The molecule has 0 bridgehead atoms. The summed E-state index contributed by atoms with van der Waals surface area (Å²) >= 11 is 0. The second-order valence-corrected chi connectivity index (χ2v) is 3.53. The number of hydrogen-bond acceptors (Lipinski definition) is 4. The predicted molar refractivity (Wildman–Crippen MR) is 65.3 cm³/mol. The minimum atomic E-state index is -1.17. The molecule has 1 atom stereocenters. The Bertz CT molecular complexity index is 407. The average molecular weight is 261 g/mol. The summed E-state index contributed by atoms with van der Waals surface area (Å²) in [5.41, 5.74) is 6.56. The molecule has 4 nitrogen and oxygen atoms in total. The van der Waals surface area contributed by atoms with Crippen LogP contribution in [0.1, 0.15) is 18.6 Å². The molecule has 0 aliphatic carbocycles. The van der Waals surface area contributed by atoms with Gasteiger partial charge in [0.15, 0.2) is 11.6 Å². The van der Waals surface area contributed by atoms with Gasteiger partial charge in [-0.25, -0.2) is 4.39 Å². The summed E-state index contributed by atoms with van der Waals surface area (Å²) < 4.78 is 23.9. The zero-order valence-electron chi connectivity index (χ0n) is 9.35. The Kier molecular flexibility index (Phi) is 4.76. The van der Waals surface area contributed by atoms with Crippen LogP contribution in [0.5, 0.6) is 5.75 Å². The normalized spacial score (nSPS) is 17.6. The highest BCUT2D eigenvalue weighted by Crippen LogP contribution is 2.28. The van der Waals surface area contributed by atoms with E-state index in [1.165, 1.54) is 6.07 Å². The second-order valence-electron chi connectivity index (χ2n) is 3.53. The number of ether oxygens (including phenoxy) is 1. The van der Waals surface area contributed by atoms with Crippen molar-refractivity contribution in [1.82, 2.24) is 0 Å². The van der Waals surface area contributed by atoms with E-state index in [9.17, 15) is 9.41 Å². The lowest BCUT2D eigenvalue weighted by atomic mass is 9.78. The van der Waals surface area contributed by atoms with Crippen LogP contribution < -0.4 is 15.9 Å².